The highest BCUT2D eigenvalue weighted by molar-refractivity contribution is 5.12. The van der Waals surface area contributed by atoms with Gasteiger partial charge in [0.05, 0.1) is 11.7 Å². The van der Waals surface area contributed by atoms with Crippen LogP contribution in [0.3, 0.4) is 0 Å². The van der Waals surface area contributed by atoms with Gasteiger partial charge in [-0.2, -0.15) is 0 Å². The van der Waals surface area contributed by atoms with E-state index in [1.54, 1.807) is 7.11 Å². The second kappa shape index (κ2) is 2.48. The normalized spacial score (nSPS) is 52.8. The Labute approximate surface area is 80.3 Å². The van der Waals surface area contributed by atoms with Crippen molar-refractivity contribution in [2.45, 2.75) is 45.3 Å². The zero-order chi connectivity index (χ0) is 9.85. The van der Waals surface area contributed by atoms with Crippen LogP contribution in [0, 0.1) is 17.3 Å². The summed E-state index contributed by atoms with van der Waals surface area (Å²) in [5.74, 6) is 1.17. The summed E-state index contributed by atoms with van der Waals surface area (Å²) in [5, 5.41) is 10.4. The first-order valence-corrected chi connectivity index (χ1v) is 5.16. The van der Waals surface area contributed by atoms with E-state index < -0.39 is 5.60 Å². The molecule has 3 fully saturated rings. The van der Waals surface area contributed by atoms with Crippen molar-refractivity contribution in [2.24, 2.45) is 17.3 Å². The van der Waals surface area contributed by atoms with Crippen molar-refractivity contribution in [2.75, 3.05) is 7.11 Å². The summed E-state index contributed by atoms with van der Waals surface area (Å²) in [6, 6.07) is 0. The quantitative estimate of drug-likeness (QED) is 0.673. The van der Waals surface area contributed by atoms with Gasteiger partial charge in [-0.3, -0.25) is 0 Å². The minimum absolute atomic E-state index is 0.0456. The molecule has 2 heteroatoms. The molecule has 1 N–H and O–H groups in total. The maximum atomic E-state index is 10.4. The Kier molecular flexibility index (Phi) is 1.81. The van der Waals surface area contributed by atoms with Gasteiger partial charge in [0.2, 0.25) is 0 Å². The summed E-state index contributed by atoms with van der Waals surface area (Å²) in [6.07, 6.45) is 2.25. The van der Waals surface area contributed by atoms with E-state index in [0.717, 1.165) is 12.3 Å². The van der Waals surface area contributed by atoms with Gasteiger partial charge < -0.3 is 9.84 Å². The van der Waals surface area contributed by atoms with Crippen LogP contribution in [0.2, 0.25) is 0 Å². The van der Waals surface area contributed by atoms with Gasteiger partial charge in [0.1, 0.15) is 0 Å². The minimum Gasteiger partial charge on any atom is -0.387 e. The molecule has 2 bridgehead atoms. The molecule has 2 nitrogen and oxygen atoms in total. The average Bonchev–Trinajstić information content (AvgIpc) is 2.01. The van der Waals surface area contributed by atoms with Gasteiger partial charge >= 0.3 is 0 Å². The molecular weight excluding hydrogens is 164 g/mol. The van der Waals surface area contributed by atoms with E-state index in [1.165, 1.54) is 6.42 Å². The molecule has 3 rings (SSSR count). The van der Waals surface area contributed by atoms with Gasteiger partial charge in [0, 0.05) is 7.11 Å². The lowest BCUT2D eigenvalue weighted by molar-refractivity contribution is -0.251. The molecule has 13 heavy (non-hydrogen) atoms. The fraction of sp³-hybridized carbons (Fsp3) is 1.00. The van der Waals surface area contributed by atoms with E-state index in [-0.39, 0.29) is 6.10 Å². The highest BCUT2D eigenvalue weighted by Crippen LogP contribution is 2.62. The molecule has 3 saturated carbocycles. The van der Waals surface area contributed by atoms with E-state index in [2.05, 4.69) is 13.8 Å². The van der Waals surface area contributed by atoms with Gasteiger partial charge in [-0.15, -0.1) is 0 Å². The number of fused-ring (bicyclic) bond motifs is 2. The zero-order valence-electron chi connectivity index (χ0n) is 9.00. The van der Waals surface area contributed by atoms with Crippen molar-refractivity contribution >= 4 is 0 Å². The van der Waals surface area contributed by atoms with E-state index in [9.17, 15) is 5.11 Å². The maximum Gasteiger partial charge on any atom is 0.0913 e. The fourth-order valence-electron chi connectivity index (χ4n) is 3.46. The van der Waals surface area contributed by atoms with Crippen LogP contribution in [0.1, 0.15) is 33.6 Å². The van der Waals surface area contributed by atoms with E-state index >= 15 is 0 Å². The van der Waals surface area contributed by atoms with Crippen LogP contribution in [-0.4, -0.2) is 23.9 Å². The van der Waals surface area contributed by atoms with Crippen LogP contribution in [0.25, 0.3) is 0 Å². The molecule has 0 spiro atoms. The Balaban J connectivity index is 2.23. The Hall–Kier alpha value is -0.0800. The predicted molar refractivity (Wildman–Crippen MR) is 51.4 cm³/mol. The second-order valence-electron chi connectivity index (χ2n) is 5.49. The Bertz CT molecular complexity index is 220. The molecule has 0 amide bonds. The molecule has 0 aromatic carbocycles. The number of methoxy groups -OCH3 is 1. The van der Waals surface area contributed by atoms with E-state index in [0.29, 0.717) is 11.3 Å². The molecule has 3 aliphatic rings. The number of hydrogen-bond acceptors (Lipinski definition) is 2. The van der Waals surface area contributed by atoms with Crippen LogP contribution in [0.5, 0.6) is 0 Å². The number of hydrogen-bond donors (Lipinski definition) is 1. The lowest BCUT2D eigenvalue weighted by atomic mass is 9.43. The largest absolute Gasteiger partial charge is 0.387 e. The van der Waals surface area contributed by atoms with Crippen molar-refractivity contribution < 1.29 is 9.84 Å². The van der Waals surface area contributed by atoms with Crippen molar-refractivity contribution in [1.82, 2.24) is 0 Å². The highest BCUT2D eigenvalue weighted by Gasteiger charge is 2.62. The van der Waals surface area contributed by atoms with Crippen molar-refractivity contribution in [3.05, 3.63) is 0 Å². The van der Waals surface area contributed by atoms with Gasteiger partial charge in [0.15, 0.2) is 0 Å². The lowest BCUT2D eigenvalue weighted by Crippen LogP contribution is -2.66. The summed E-state index contributed by atoms with van der Waals surface area (Å²) in [5.41, 5.74) is -0.300. The summed E-state index contributed by atoms with van der Waals surface area (Å²) in [4.78, 5) is 0. The topological polar surface area (TPSA) is 29.5 Å². The monoisotopic (exact) mass is 184 g/mol. The first kappa shape index (κ1) is 9.47. The van der Waals surface area contributed by atoms with E-state index in [4.69, 9.17) is 4.74 Å². The first-order chi connectivity index (χ1) is 5.90. The van der Waals surface area contributed by atoms with E-state index in [1.807, 2.05) is 6.92 Å². The maximum absolute atomic E-state index is 10.4. The third-order valence-corrected chi connectivity index (χ3v) is 4.61. The Morgan fingerprint density at radius 3 is 2.23 bits per heavy atom. The fourth-order valence-corrected chi connectivity index (χ4v) is 3.46. The molecule has 0 aromatic heterocycles. The van der Waals surface area contributed by atoms with Crippen LogP contribution < -0.4 is 0 Å². The summed E-state index contributed by atoms with van der Waals surface area (Å²) in [7, 11) is 1.71. The average molecular weight is 184 g/mol. The Morgan fingerprint density at radius 1 is 1.23 bits per heavy atom. The van der Waals surface area contributed by atoms with Gasteiger partial charge in [-0.1, -0.05) is 13.8 Å². The Morgan fingerprint density at radius 2 is 1.85 bits per heavy atom. The van der Waals surface area contributed by atoms with Crippen molar-refractivity contribution in [3.8, 4) is 0 Å². The molecular formula is C11H20O2. The third-order valence-electron chi connectivity index (χ3n) is 4.61. The molecule has 4 atom stereocenters. The first-order valence-electron chi connectivity index (χ1n) is 5.16. The lowest BCUT2D eigenvalue weighted by Gasteiger charge is -2.64. The molecule has 0 heterocycles. The van der Waals surface area contributed by atoms with Crippen LogP contribution in [-0.2, 0) is 4.74 Å². The van der Waals surface area contributed by atoms with Gasteiger partial charge in [0.25, 0.3) is 0 Å². The zero-order valence-corrected chi connectivity index (χ0v) is 9.00. The molecule has 0 saturated heterocycles. The van der Waals surface area contributed by atoms with Crippen LogP contribution >= 0.6 is 0 Å². The molecule has 0 unspecified atom stereocenters. The van der Waals surface area contributed by atoms with Crippen LogP contribution in [0.4, 0.5) is 0 Å². The van der Waals surface area contributed by atoms with Crippen molar-refractivity contribution in [3.63, 3.8) is 0 Å². The summed E-state index contributed by atoms with van der Waals surface area (Å²) >= 11 is 0. The van der Waals surface area contributed by atoms with Gasteiger partial charge in [-0.25, -0.2) is 0 Å². The number of rotatable bonds is 1. The minimum atomic E-state index is -0.618. The number of ether oxygens (including phenoxy) is 1. The molecule has 0 aliphatic heterocycles. The highest BCUT2D eigenvalue weighted by atomic mass is 16.5. The molecule has 76 valence electrons. The predicted octanol–water partition coefficient (Wildman–Crippen LogP) is 1.82. The molecule has 0 aromatic rings. The molecule has 3 aliphatic carbocycles. The van der Waals surface area contributed by atoms with Gasteiger partial charge in [-0.05, 0) is 37.0 Å². The summed E-state index contributed by atoms with van der Waals surface area (Å²) in [6.45, 7) is 6.47. The molecule has 0 radical (unpaired) electrons. The third kappa shape index (κ3) is 1.02. The summed E-state index contributed by atoms with van der Waals surface area (Å²) < 4.78 is 5.35. The standard InChI is InChI=1S/C11H20O2/c1-10(2)7-5-8(10)11(3,12)9(6-7)13-4/h7-9,12H,5-6H2,1-4H3/t7-,8-,9-,11+/m1/s1. The van der Waals surface area contributed by atoms with Crippen molar-refractivity contribution in [1.29, 1.82) is 0 Å². The second-order valence-corrected chi connectivity index (χ2v) is 5.49. The van der Waals surface area contributed by atoms with Crippen LogP contribution in [0.15, 0.2) is 0 Å². The SMILES string of the molecule is CO[C@@H]1C[C@H]2C[C@H](C2(C)C)[C@]1(C)O. The number of aliphatic hydroxyl groups is 1. The smallest absolute Gasteiger partial charge is 0.0913 e.